The van der Waals surface area contributed by atoms with Crippen molar-refractivity contribution in [1.29, 1.82) is 0 Å². The molecule has 0 bridgehead atoms. The molecular formula is C15H25FN2. The molecular weight excluding hydrogens is 227 g/mol. The minimum atomic E-state index is -0.118. The lowest BCUT2D eigenvalue weighted by Gasteiger charge is -2.25. The van der Waals surface area contributed by atoms with Crippen molar-refractivity contribution in [3.05, 3.63) is 35.6 Å². The molecule has 1 rings (SSSR count). The van der Waals surface area contributed by atoms with Crippen molar-refractivity contribution in [2.75, 3.05) is 26.7 Å². The van der Waals surface area contributed by atoms with Crippen LogP contribution >= 0.6 is 0 Å². The SMILES string of the molecule is CCCCN(C)CC(NCC)c1ccccc1F. The first-order chi connectivity index (χ1) is 8.69. The fourth-order valence-corrected chi connectivity index (χ4v) is 2.11. The van der Waals surface area contributed by atoms with Gasteiger partial charge in [0.15, 0.2) is 0 Å². The molecule has 0 amide bonds. The summed E-state index contributed by atoms with van der Waals surface area (Å²) in [6, 6.07) is 7.11. The van der Waals surface area contributed by atoms with E-state index in [1.165, 1.54) is 18.9 Å². The van der Waals surface area contributed by atoms with Gasteiger partial charge in [-0.05, 0) is 32.6 Å². The van der Waals surface area contributed by atoms with Crippen molar-refractivity contribution >= 4 is 0 Å². The van der Waals surface area contributed by atoms with Crippen molar-refractivity contribution in [3.63, 3.8) is 0 Å². The van der Waals surface area contributed by atoms with Crippen molar-refractivity contribution < 1.29 is 4.39 Å². The fraction of sp³-hybridized carbons (Fsp3) is 0.600. The third-order valence-electron chi connectivity index (χ3n) is 3.12. The number of hydrogen-bond donors (Lipinski definition) is 1. The Labute approximate surface area is 110 Å². The smallest absolute Gasteiger partial charge is 0.128 e. The highest BCUT2D eigenvalue weighted by Gasteiger charge is 2.15. The summed E-state index contributed by atoms with van der Waals surface area (Å²) >= 11 is 0. The predicted molar refractivity (Wildman–Crippen MR) is 75.2 cm³/mol. The summed E-state index contributed by atoms with van der Waals surface area (Å²) in [4.78, 5) is 2.27. The molecule has 1 unspecified atom stereocenters. The zero-order valence-corrected chi connectivity index (χ0v) is 11.7. The normalized spacial score (nSPS) is 12.9. The quantitative estimate of drug-likeness (QED) is 0.764. The molecule has 102 valence electrons. The average molecular weight is 252 g/mol. The Bertz CT molecular complexity index is 341. The van der Waals surface area contributed by atoms with Crippen LogP contribution in [-0.4, -0.2) is 31.6 Å². The third-order valence-corrected chi connectivity index (χ3v) is 3.12. The van der Waals surface area contributed by atoms with E-state index < -0.39 is 0 Å². The summed E-state index contributed by atoms with van der Waals surface area (Å²) in [6.45, 7) is 6.99. The van der Waals surface area contributed by atoms with Gasteiger partial charge >= 0.3 is 0 Å². The Morgan fingerprint density at radius 1 is 1.28 bits per heavy atom. The molecule has 1 aromatic rings. The number of halogens is 1. The largest absolute Gasteiger partial charge is 0.309 e. The van der Waals surface area contributed by atoms with E-state index in [9.17, 15) is 4.39 Å². The number of rotatable bonds is 8. The fourth-order valence-electron chi connectivity index (χ4n) is 2.11. The maximum Gasteiger partial charge on any atom is 0.128 e. The molecule has 18 heavy (non-hydrogen) atoms. The molecule has 1 N–H and O–H groups in total. The Hall–Kier alpha value is -0.930. The van der Waals surface area contributed by atoms with E-state index in [2.05, 4.69) is 31.1 Å². The van der Waals surface area contributed by atoms with Gasteiger partial charge in [-0.2, -0.15) is 0 Å². The first-order valence-corrected chi connectivity index (χ1v) is 6.85. The highest BCUT2D eigenvalue weighted by molar-refractivity contribution is 5.21. The Balaban J connectivity index is 2.68. The maximum absolute atomic E-state index is 13.8. The molecule has 1 atom stereocenters. The van der Waals surface area contributed by atoms with Gasteiger partial charge in [0.25, 0.3) is 0 Å². The second-order valence-corrected chi connectivity index (χ2v) is 4.75. The van der Waals surface area contributed by atoms with E-state index in [0.29, 0.717) is 0 Å². The molecule has 0 saturated heterocycles. The van der Waals surface area contributed by atoms with E-state index in [1.54, 1.807) is 6.07 Å². The molecule has 0 aliphatic heterocycles. The van der Waals surface area contributed by atoms with Gasteiger partial charge in [-0.25, -0.2) is 4.39 Å². The molecule has 0 aliphatic rings. The zero-order valence-electron chi connectivity index (χ0n) is 11.7. The van der Waals surface area contributed by atoms with E-state index in [-0.39, 0.29) is 11.9 Å². The van der Waals surface area contributed by atoms with Crippen molar-refractivity contribution in [3.8, 4) is 0 Å². The maximum atomic E-state index is 13.8. The van der Waals surface area contributed by atoms with Gasteiger partial charge in [0.2, 0.25) is 0 Å². The standard InChI is InChI=1S/C15H25FN2/c1-4-6-11-18(3)12-15(17-5-2)13-9-7-8-10-14(13)16/h7-10,15,17H,4-6,11-12H2,1-3H3. The van der Waals surface area contributed by atoms with Crippen LogP contribution in [-0.2, 0) is 0 Å². The van der Waals surface area contributed by atoms with Gasteiger partial charge in [-0.15, -0.1) is 0 Å². The first kappa shape index (κ1) is 15.1. The number of unbranched alkanes of at least 4 members (excludes halogenated alkanes) is 1. The van der Waals surface area contributed by atoms with Gasteiger partial charge in [0.1, 0.15) is 5.82 Å². The number of nitrogens with one attached hydrogen (secondary N) is 1. The predicted octanol–water partition coefficient (Wildman–Crippen LogP) is 3.21. The molecule has 0 aliphatic carbocycles. The Morgan fingerprint density at radius 2 is 2.00 bits per heavy atom. The molecule has 3 heteroatoms. The van der Waals surface area contributed by atoms with Crippen LogP contribution in [0.3, 0.4) is 0 Å². The van der Waals surface area contributed by atoms with Crippen LogP contribution in [0.5, 0.6) is 0 Å². The second-order valence-electron chi connectivity index (χ2n) is 4.75. The monoisotopic (exact) mass is 252 g/mol. The average Bonchev–Trinajstić information content (AvgIpc) is 2.36. The molecule has 0 saturated carbocycles. The van der Waals surface area contributed by atoms with Crippen molar-refractivity contribution in [2.45, 2.75) is 32.7 Å². The van der Waals surface area contributed by atoms with Gasteiger partial charge < -0.3 is 10.2 Å². The Kier molecular flexibility index (Phi) is 6.91. The van der Waals surface area contributed by atoms with Gasteiger partial charge in [-0.1, -0.05) is 38.5 Å². The molecule has 2 nitrogen and oxygen atoms in total. The Morgan fingerprint density at radius 3 is 2.61 bits per heavy atom. The molecule has 0 radical (unpaired) electrons. The molecule has 1 aromatic carbocycles. The van der Waals surface area contributed by atoms with Crippen LogP contribution in [0.15, 0.2) is 24.3 Å². The number of nitrogens with zero attached hydrogens (tertiary/aromatic N) is 1. The van der Waals surface area contributed by atoms with Crippen LogP contribution < -0.4 is 5.32 Å². The third kappa shape index (κ3) is 4.75. The summed E-state index contributed by atoms with van der Waals surface area (Å²) in [6.07, 6.45) is 2.38. The number of benzene rings is 1. The molecule has 0 aromatic heterocycles. The van der Waals surface area contributed by atoms with Crippen LogP contribution in [0.2, 0.25) is 0 Å². The highest BCUT2D eigenvalue weighted by atomic mass is 19.1. The number of likely N-dealkylation sites (N-methyl/N-ethyl adjacent to an activating group) is 2. The minimum absolute atomic E-state index is 0.0676. The highest BCUT2D eigenvalue weighted by Crippen LogP contribution is 2.17. The topological polar surface area (TPSA) is 15.3 Å². The van der Waals surface area contributed by atoms with Crippen LogP contribution in [0.1, 0.15) is 38.3 Å². The lowest BCUT2D eigenvalue weighted by molar-refractivity contribution is 0.285. The summed E-state index contributed by atoms with van der Waals surface area (Å²) in [5.41, 5.74) is 0.766. The number of hydrogen-bond acceptors (Lipinski definition) is 2. The van der Waals surface area contributed by atoms with E-state index in [0.717, 1.165) is 25.2 Å². The van der Waals surface area contributed by atoms with Crippen LogP contribution in [0.4, 0.5) is 4.39 Å². The summed E-state index contributed by atoms with van der Waals surface area (Å²) in [7, 11) is 2.10. The summed E-state index contributed by atoms with van der Waals surface area (Å²) in [5, 5.41) is 3.37. The van der Waals surface area contributed by atoms with Gasteiger partial charge in [0, 0.05) is 18.2 Å². The lowest BCUT2D eigenvalue weighted by Crippen LogP contribution is -2.34. The van der Waals surface area contributed by atoms with Crippen LogP contribution in [0.25, 0.3) is 0 Å². The molecule has 0 fully saturated rings. The van der Waals surface area contributed by atoms with Crippen molar-refractivity contribution in [1.82, 2.24) is 10.2 Å². The van der Waals surface area contributed by atoms with Crippen molar-refractivity contribution in [2.24, 2.45) is 0 Å². The molecule has 0 heterocycles. The zero-order chi connectivity index (χ0) is 13.4. The van der Waals surface area contributed by atoms with E-state index >= 15 is 0 Å². The van der Waals surface area contributed by atoms with Gasteiger partial charge in [-0.3, -0.25) is 0 Å². The van der Waals surface area contributed by atoms with Crippen LogP contribution in [0, 0.1) is 5.82 Å². The van der Waals surface area contributed by atoms with Gasteiger partial charge in [0.05, 0.1) is 0 Å². The van der Waals surface area contributed by atoms with E-state index in [4.69, 9.17) is 0 Å². The molecule has 0 spiro atoms. The first-order valence-electron chi connectivity index (χ1n) is 6.85. The summed E-state index contributed by atoms with van der Waals surface area (Å²) in [5.74, 6) is -0.118. The van der Waals surface area contributed by atoms with E-state index in [1.807, 2.05) is 12.1 Å². The lowest BCUT2D eigenvalue weighted by atomic mass is 10.1. The summed E-state index contributed by atoms with van der Waals surface area (Å²) < 4.78 is 13.8. The second kappa shape index (κ2) is 8.22. The minimum Gasteiger partial charge on any atom is -0.309 e.